The third-order valence-corrected chi connectivity index (χ3v) is 4.16. The zero-order chi connectivity index (χ0) is 16.4. The first-order valence-corrected chi connectivity index (χ1v) is 7.96. The van der Waals surface area contributed by atoms with Crippen molar-refractivity contribution in [3.8, 4) is 11.5 Å². The number of aromatic nitrogens is 2. The van der Waals surface area contributed by atoms with Crippen LogP contribution in [0, 0.1) is 0 Å². The summed E-state index contributed by atoms with van der Waals surface area (Å²) in [6.07, 6.45) is 2.16. The third-order valence-electron chi connectivity index (χ3n) is 3.58. The van der Waals surface area contributed by atoms with Gasteiger partial charge in [0.05, 0.1) is 19.3 Å². The van der Waals surface area contributed by atoms with Gasteiger partial charge >= 0.3 is 6.03 Å². The van der Waals surface area contributed by atoms with Crippen LogP contribution in [-0.4, -0.2) is 28.3 Å². The van der Waals surface area contributed by atoms with Crippen molar-refractivity contribution < 1.29 is 14.3 Å². The monoisotopic (exact) mass is 334 g/mol. The quantitative estimate of drug-likeness (QED) is 0.901. The van der Waals surface area contributed by atoms with E-state index in [-0.39, 0.29) is 17.7 Å². The van der Waals surface area contributed by atoms with Crippen molar-refractivity contribution in [1.29, 1.82) is 0 Å². The number of nitrogens with one attached hydrogen (secondary N) is 2. The fraction of sp³-hybridized carbons (Fsp3) is 0.400. The predicted molar refractivity (Wildman–Crippen MR) is 87.1 cm³/mol. The molecule has 1 aromatic carbocycles. The summed E-state index contributed by atoms with van der Waals surface area (Å²) in [5.41, 5.74) is 0.534. The second kappa shape index (κ2) is 6.04. The van der Waals surface area contributed by atoms with Crippen molar-refractivity contribution >= 4 is 22.6 Å². The minimum atomic E-state index is -0.369. The Bertz CT molecular complexity index is 703. The van der Waals surface area contributed by atoms with Gasteiger partial charge in [-0.05, 0) is 32.0 Å². The topological polar surface area (TPSA) is 85.4 Å². The molecule has 2 amide bonds. The van der Waals surface area contributed by atoms with Gasteiger partial charge in [0, 0.05) is 23.5 Å². The number of benzene rings is 1. The largest absolute Gasteiger partial charge is 0.497 e. The Kier molecular flexibility index (Phi) is 4.08. The van der Waals surface area contributed by atoms with E-state index in [1.165, 1.54) is 6.20 Å². The number of carbonyl (C=O) groups is 1. The number of methoxy groups -OCH3 is 1. The van der Waals surface area contributed by atoms with Gasteiger partial charge in [0.15, 0.2) is 0 Å². The van der Waals surface area contributed by atoms with Crippen molar-refractivity contribution in [2.24, 2.45) is 0 Å². The summed E-state index contributed by atoms with van der Waals surface area (Å²) in [5, 5.41) is 10.0. The number of hydrogen-bond acceptors (Lipinski definition) is 6. The SMILES string of the molecule is COc1ccc2c(c1)C(NC(=O)Nc1cnns1)CC(C)(C)O2. The van der Waals surface area contributed by atoms with E-state index in [9.17, 15) is 4.79 Å². The molecule has 8 heteroatoms. The number of hydrogen-bond donors (Lipinski definition) is 2. The van der Waals surface area contributed by atoms with Gasteiger partial charge in [-0.25, -0.2) is 4.79 Å². The van der Waals surface area contributed by atoms with E-state index in [4.69, 9.17) is 9.47 Å². The van der Waals surface area contributed by atoms with E-state index in [0.717, 1.165) is 28.6 Å². The minimum Gasteiger partial charge on any atom is -0.497 e. The van der Waals surface area contributed by atoms with Gasteiger partial charge in [-0.15, -0.1) is 5.10 Å². The average molecular weight is 334 g/mol. The highest BCUT2D eigenvalue weighted by Gasteiger charge is 2.34. The summed E-state index contributed by atoms with van der Waals surface area (Å²) in [6, 6.07) is 5.14. The van der Waals surface area contributed by atoms with Crippen molar-refractivity contribution in [1.82, 2.24) is 14.9 Å². The molecule has 23 heavy (non-hydrogen) atoms. The first-order valence-electron chi connectivity index (χ1n) is 7.19. The molecule has 0 saturated heterocycles. The van der Waals surface area contributed by atoms with E-state index in [1.807, 2.05) is 32.0 Å². The van der Waals surface area contributed by atoms with Gasteiger partial charge in [0.2, 0.25) is 0 Å². The molecule has 0 radical (unpaired) electrons. The zero-order valence-corrected chi connectivity index (χ0v) is 13.9. The van der Waals surface area contributed by atoms with Crippen LogP contribution in [0.15, 0.2) is 24.4 Å². The van der Waals surface area contributed by atoms with Gasteiger partial charge in [0.25, 0.3) is 0 Å². The summed E-state index contributed by atoms with van der Waals surface area (Å²) < 4.78 is 15.0. The molecule has 3 rings (SSSR count). The molecule has 122 valence electrons. The molecule has 1 aliphatic rings. The Morgan fingerprint density at radius 3 is 3.00 bits per heavy atom. The van der Waals surface area contributed by atoms with Gasteiger partial charge in [0.1, 0.15) is 22.1 Å². The Balaban J connectivity index is 1.82. The molecular weight excluding hydrogens is 316 g/mol. The number of ether oxygens (including phenoxy) is 2. The van der Waals surface area contributed by atoms with Crippen LogP contribution < -0.4 is 20.1 Å². The van der Waals surface area contributed by atoms with Gasteiger partial charge < -0.3 is 14.8 Å². The van der Waals surface area contributed by atoms with Crippen LogP contribution in [-0.2, 0) is 0 Å². The molecule has 1 atom stereocenters. The van der Waals surface area contributed by atoms with Crippen LogP contribution in [0.5, 0.6) is 11.5 Å². The van der Waals surface area contributed by atoms with Crippen molar-refractivity contribution in [2.75, 3.05) is 12.4 Å². The van der Waals surface area contributed by atoms with Crippen LogP contribution in [0.1, 0.15) is 31.9 Å². The van der Waals surface area contributed by atoms with Crippen LogP contribution >= 0.6 is 11.5 Å². The van der Waals surface area contributed by atoms with E-state index in [1.54, 1.807) is 7.11 Å². The predicted octanol–water partition coefficient (Wildman–Crippen LogP) is 2.97. The number of amides is 2. The molecule has 0 bridgehead atoms. The molecule has 0 fully saturated rings. The standard InChI is InChI=1S/C15H18N4O3S/c1-15(2)7-11(17-14(20)18-13-8-16-19-23-13)10-6-9(21-3)4-5-12(10)22-15/h4-6,8,11H,7H2,1-3H3,(H2,17,18,20). The Hall–Kier alpha value is -2.35. The highest BCUT2D eigenvalue weighted by Crippen LogP contribution is 2.41. The molecule has 2 N–H and O–H groups in total. The second-order valence-electron chi connectivity index (χ2n) is 5.90. The third kappa shape index (κ3) is 3.53. The number of anilines is 1. The van der Waals surface area contributed by atoms with E-state index in [2.05, 4.69) is 20.2 Å². The Labute approximate surface area is 138 Å². The summed E-state index contributed by atoms with van der Waals surface area (Å²) in [7, 11) is 1.61. The van der Waals surface area contributed by atoms with Crippen molar-refractivity contribution in [3.63, 3.8) is 0 Å². The van der Waals surface area contributed by atoms with Crippen LogP contribution in [0.2, 0.25) is 0 Å². The molecule has 0 spiro atoms. The van der Waals surface area contributed by atoms with Gasteiger partial charge in [-0.3, -0.25) is 5.32 Å². The summed E-state index contributed by atoms with van der Waals surface area (Å²) in [4.78, 5) is 12.2. The molecule has 1 unspecified atom stereocenters. The minimum absolute atomic E-state index is 0.176. The summed E-state index contributed by atoms with van der Waals surface area (Å²) >= 11 is 1.13. The lowest BCUT2D eigenvalue weighted by Crippen LogP contribution is -2.42. The number of fused-ring (bicyclic) bond motifs is 1. The second-order valence-corrected chi connectivity index (χ2v) is 6.69. The maximum Gasteiger partial charge on any atom is 0.320 e. The lowest BCUT2D eigenvalue weighted by atomic mass is 9.89. The molecule has 2 heterocycles. The molecule has 1 aliphatic heterocycles. The van der Waals surface area contributed by atoms with E-state index < -0.39 is 0 Å². The van der Waals surface area contributed by atoms with E-state index >= 15 is 0 Å². The maximum absolute atomic E-state index is 12.2. The molecular formula is C15H18N4O3S. The summed E-state index contributed by atoms with van der Waals surface area (Å²) in [6.45, 7) is 4.00. The van der Waals surface area contributed by atoms with Gasteiger partial charge in [-0.2, -0.15) is 0 Å². The fourth-order valence-electron chi connectivity index (χ4n) is 2.62. The molecule has 0 aliphatic carbocycles. The molecule has 2 aromatic rings. The Morgan fingerprint density at radius 2 is 2.30 bits per heavy atom. The van der Waals surface area contributed by atoms with Crippen molar-refractivity contribution in [2.45, 2.75) is 31.9 Å². The Morgan fingerprint density at radius 1 is 1.48 bits per heavy atom. The van der Waals surface area contributed by atoms with Crippen LogP contribution in [0.25, 0.3) is 0 Å². The highest BCUT2D eigenvalue weighted by atomic mass is 32.1. The lowest BCUT2D eigenvalue weighted by Gasteiger charge is -2.38. The summed E-state index contributed by atoms with van der Waals surface area (Å²) in [5.74, 6) is 1.48. The van der Waals surface area contributed by atoms with Crippen molar-refractivity contribution in [3.05, 3.63) is 30.0 Å². The van der Waals surface area contributed by atoms with E-state index in [0.29, 0.717) is 11.4 Å². The number of nitrogens with zero attached hydrogens (tertiary/aromatic N) is 2. The zero-order valence-electron chi connectivity index (χ0n) is 13.1. The maximum atomic E-state index is 12.2. The highest BCUT2D eigenvalue weighted by molar-refractivity contribution is 7.10. The fourth-order valence-corrected chi connectivity index (χ4v) is 3.03. The number of carbonyl (C=O) groups excluding carboxylic acids is 1. The molecule has 7 nitrogen and oxygen atoms in total. The number of rotatable bonds is 3. The van der Waals surface area contributed by atoms with Gasteiger partial charge in [-0.1, -0.05) is 4.49 Å². The lowest BCUT2D eigenvalue weighted by molar-refractivity contribution is 0.0681. The molecule has 0 saturated carbocycles. The molecule has 1 aromatic heterocycles. The smallest absolute Gasteiger partial charge is 0.320 e. The first-order chi connectivity index (χ1) is 11.0. The van der Waals surface area contributed by atoms with Crippen LogP contribution in [0.4, 0.5) is 9.80 Å². The van der Waals surface area contributed by atoms with Crippen LogP contribution in [0.3, 0.4) is 0 Å². The first kappa shape index (κ1) is 15.5. The number of urea groups is 1. The normalized spacial score (nSPS) is 18.5. The average Bonchev–Trinajstić information content (AvgIpc) is 2.98.